The van der Waals surface area contributed by atoms with Gasteiger partial charge in [0.25, 0.3) is 0 Å². The molecule has 84 valence electrons. The average molecular weight is 216 g/mol. The molecule has 0 saturated heterocycles. The zero-order chi connectivity index (χ0) is 11.8. The predicted molar refractivity (Wildman–Crippen MR) is 64.7 cm³/mol. The van der Waals surface area contributed by atoms with Crippen molar-refractivity contribution in [1.82, 2.24) is 10.6 Å². The number of terminal acetylenes is 1. The lowest BCUT2D eigenvalue weighted by molar-refractivity contribution is -0.120. The van der Waals surface area contributed by atoms with Gasteiger partial charge in [-0.25, -0.2) is 0 Å². The first kappa shape index (κ1) is 12.3. The highest BCUT2D eigenvalue weighted by Gasteiger charge is 2.01. The number of carbonyl (C=O) groups excluding carboxylic acids is 1. The summed E-state index contributed by atoms with van der Waals surface area (Å²) in [5, 5.41) is 5.67. The lowest BCUT2D eigenvalue weighted by Crippen LogP contribution is -2.33. The summed E-state index contributed by atoms with van der Waals surface area (Å²) >= 11 is 0. The Kier molecular flexibility index (Phi) is 5.10. The summed E-state index contributed by atoms with van der Waals surface area (Å²) in [4.78, 5) is 11.4. The van der Waals surface area contributed by atoms with Crippen molar-refractivity contribution in [1.29, 1.82) is 0 Å². The minimum absolute atomic E-state index is 0.0431. The van der Waals surface area contributed by atoms with Gasteiger partial charge in [0.1, 0.15) is 0 Å². The molecule has 1 aromatic rings. The number of amides is 1. The highest BCUT2D eigenvalue weighted by Crippen LogP contribution is 2.05. The van der Waals surface area contributed by atoms with Crippen molar-refractivity contribution >= 4 is 5.91 Å². The maximum absolute atomic E-state index is 11.4. The van der Waals surface area contributed by atoms with E-state index in [4.69, 9.17) is 6.42 Å². The fourth-order valence-electron chi connectivity index (χ4n) is 1.31. The first-order chi connectivity index (χ1) is 7.74. The fraction of sp³-hybridized carbons (Fsp3) is 0.308. The largest absolute Gasteiger partial charge is 0.351 e. The summed E-state index contributed by atoms with van der Waals surface area (Å²) in [6.07, 6.45) is 5.06. The monoisotopic (exact) mass is 216 g/mol. The molecule has 0 atom stereocenters. The van der Waals surface area contributed by atoms with E-state index in [0.717, 1.165) is 5.56 Å². The molecule has 0 spiro atoms. The van der Waals surface area contributed by atoms with Gasteiger partial charge < -0.3 is 5.32 Å². The van der Waals surface area contributed by atoms with E-state index in [0.29, 0.717) is 13.1 Å². The van der Waals surface area contributed by atoms with Crippen LogP contribution in [0, 0.1) is 19.3 Å². The molecule has 1 aromatic carbocycles. The molecular weight excluding hydrogens is 200 g/mol. The second-order valence-electron chi connectivity index (χ2n) is 3.51. The van der Waals surface area contributed by atoms with Crippen molar-refractivity contribution < 1.29 is 4.79 Å². The normalized spacial score (nSPS) is 9.50. The van der Waals surface area contributed by atoms with Gasteiger partial charge in [-0.2, -0.15) is 0 Å². The number of hydrogen-bond donors (Lipinski definition) is 2. The van der Waals surface area contributed by atoms with E-state index < -0.39 is 0 Å². The molecule has 3 heteroatoms. The Bertz CT molecular complexity index is 393. The molecule has 1 amide bonds. The quantitative estimate of drug-likeness (QED) is 0.565. The second-order valence-corrected chi connectivity index (χ2v) is 3.51. The number of aryl methyl sites for hydroxylation is 1. The molecule has 2 N–H and O–H groups in total. The van der Waals surface area contributed by atoms with Gasteiger partial charge in [-0.05, 0) is 18.1 Å². The molecule has 0 aliphatic carbocycles. The van der Waals surface area contributed by atoms with Crippen LogP contribution in [0.5, 0.6) is 0 Å². The van der Waals surface area contributed by atoms with Crippen molar-refractivity contribution in [3.8, 4) is 12.3 Å². The molecule has 0 heterocycles. The van der Waals surface area contributed by atoms with E-state index in [1.54, 1.807) is 0 Å². The molecule has 0 unspecified atom stereocenters. The van der Waals surface area contributed by atoms with Crippen LogP contribution in [0.1, 0.15) is 11.1 Å². The van der Waals surface area contributed by atoms with Gasteiger partial charge in [-0.15, -0.1) is 6.42 Å². The Morgan fingerprint density at radius 1 is 1.44 bits per heavy atom. The van der Waals surface area contributed by atoms with E-state index in [1.165, 1.54) is 5.56 Å². The number of carbonyl (C=O) groups is 1. The smallest absolute Gasteiger partial charge is 0.234 e. The summed E-state index contributed by atoms with van der Waals surface area (Å²) in [6, 6.07) is 7.97. The number of rotatable bonds is 5. The van der Waals surface area contributed by atoms with Gasteiger partial charge in [0.15, 0.2) is 0 Å². The third-order valence-electron chi connectivity index (χ3n) is 2.25. The highest BCUT2D eigenvalue weighted by molar-refractivity contribution is 5.78. The molecule has 16 heavy (non-hydrogen) atoms. The van der Waals surface area contributed by atoms with Crippen molar-refractivity contribution in [3.05, 3.63) is 35.4 Å². The molecule has 0 saturated carbocycles. The average Bonchev–Trinajstić information content (AvgIpc) is 2.28. The number of benzene rings is 1. The zero-order valence-electron chi connectivity index (χ0n) is 9.42. The Morgan fingerprint density at radius 2 is 2.19 bits per heavy atom. The molecule has 3 nitrogen and oxygen atoms in total. The molecule has 0 aromatic heterocycles. The van der Waals surface area contributed by atoms with Crippen LogP contribution in [0.2, 0.25) is 0 Å². The fourth-order valence-corrected chi connectivity index (χ4v) is 1.31. The van der Waals surface area contributed by atoms with Crippen molar-refractivity contribution in [2.45, 2.75) is 13.5 Å². The summed E-state index contributed by atoms with van der Waals surface area (Å²) in [7, 11) is 0. The second kappa shape index (κ2) is 6.65. The third kappa shape index (κ3) is 4.16. The molecule has 0 aliphatic heterocycles. The first-order valence-electron chi connectivity index (χ1n) is 5.19. The van der Waals surface area contributed by atoms with Gasteiger partial charge >= 0.3 is 0 Å². The van der Waals surface area contributed by atoms with Gasteiger partial charge in [-0.3, -0.25) is 10.1 Å². The first-order valence-corrected chi connectivity index (χ1v) is 5.19. The topological polar surface area (TPSA) is 41.1 Å². The van der Waals surface area contributed by atoms with Gasteiger partial charge in [-0.1, -0.05) is 30.2 Å². The lowest BCUT2D eigenvalue weighted by atomic mass is 10.1. The third-order valence-corrected chi connectivity index (χ3v) is 2.25. The van der Waals surface area contributed by atoms with E-state index in [1.807, 2.05) is 31.2 Å². The summed E-state index contributed by atoms with van der Waals surface area (Å²) in [5.74, 6) is 2.37. The van der Waals surface area contributed by atoms with Crippen molar-refractivity contribution in [2.24, 2.45) is 0 Å². The Labute approximate surface area is 96.2 Å². The van der Waals surface area contributed by atoms with Crippen molar-refractivity contribution in [3.63, 3.8) is 0 Å². The highest BCUT2D eigenvalue weighted by atomic mass is 16.1. The Balaban J connectivity index is 2.32. The van der Waals surface area contributed by atoms with Crippen LogP contribution in [0.15, 0.2) is 24.3 Å². The molecule has 0 radical (unpaired) electrons. The Morgan fingerprint density at radius 3 is 2.88 bits per heavy atom. The summed E-state index contributed by atoms with van der Waals surface area (Å²) < 4.78 is 0. The number of hydrogen-bond acceptors (Lipinski definition) is 2. The zero-order valence-corrected chi connectivity index (χ0v) is 9.42. The van der Waals surface area contributed by atoms with Crippen LogP contribution in [-0.4, -0.2) is 19.0 Å². The lowest BCUT2D eigenvalue weighted by Gasteiger charge is -2.07. The minimum atomic E-state index is -0.0431. The van der Waals surface area contributed by atoms with Crippen molar-refractivity contribution in [2.75, 3.05) is 13.1 Å². The van der Waals surface area contributed by atoms with Crippen LogP contribution >= 0.6 is 0 Å². The van der Waals surface area contributed by atoms with E-state index in [9.17, 15) is 4.79 Å². The number of nitrogens with one attached hydrogen (secondary N) is 2. The molecule has 1 rings (SSSR count). The van der Waals surface area contributed by atoms with E-state index in [-0.39, 0.29) is 12.5 Å². The summed E-state index contributed by atoms with van der Waals surface area (Å²) in [6.45, 7) is 3.26. The van der Waals surface area contributed by atoms with Gasteiger partial charge in [0.2, 0.25) is 5.91 Å². The van der Waals surface area contributed by atoms with Gasteiger partial charge in [0, 0.05) is 6.54 Å². The summed E-state index contributed by atoms with van der Waals surface area (Å²) in [5.41, 5.74) is 2.31. The van der Waals surface area contributed by atoms with Crippen LogP contribution in [0.4, 0.5) is 0 Å². The minimum Gasteiger partial charge on any atom is -0.351 e. The van der Waals surface area contributed by atoms with E-state index in [2.05, 4.69) is 16.6 Å². The molecule has 0 fully saturated rings. The van der Waals surface area contributed by atoms with Crippen LogP contribution < -0.4 is 10.6 Å². The standard InChI is InChI=1S/C13H16N2O/c1-3-8-14-10-13(16)15-9-12-7-5-4-6-11(12)2/h1,4-7,14H,8-10H2,2H3,(H,15,16). The Hall–Kier alpha value is -1.79. The predicted octanol–water partition coefficient (Wildman–Crippen LogP) is 0.834. The van der Waals surface area contributed by atoms with Gasteiger partial charge in [0.05, 0.1) is 13.1 Å². The SMILES string of the molecule is C#CCNCC(=O)NCc1ccccc1C. The van der Waals surface area contributed by atoms with E-state index >= 15 is 0 Å². The molecule has 0 aliphatic rings. The maximum Gasteiger partial charge on any atom is 0.234 e. The molecule has 0 bridgehead atoms. The van der Waals surface area contributed by atoms with Crippen LogP contribution in [-0.2, 0) is 11.3 Å². The maximum atomic E-state index is 11.4. The van der Waals surface area contributed by atoms with Crippen LogP contribution in [0.25, 0.3) is 0 Å². The molecular formula is C13H16N2O. The van der Waals surface area contributed by atoms with Crippen LogP contribution in [0.3, 0.4) is 0 Å².